The van der Waals surface area contributed by atoms with Gasteiger partial charge >= 0.3 is 5.97 Å². The lowest BCUT2D eigenvalue weighted by Gasteiger charge is -1.93. The Morgan fingerprint density at radius 2 is 2.21 bits per heavy atom. The molecule has 0 bridgehead atoms. The van der Waals surface area contributed by atoms with Gasteiger partial charge in [-0.05, 0) is 18.2 Å². The van der Waals surface area contributed by atoms with Gasteiger partial charge in [0.15, 0.2) is 0 Å². The fourth-order valence-corrected chi connectivity index (χ4v) is 2.34. The number of aromatic carboxylic acids is 1. The van der Waals surface area contributed by atoms with Gasteiger partial charge in [0.25, 0.3) is 0 Å². The molecule has 0 atom stereocenters. The van der Waals surface area contributed by atoms with Crippen LogP contribution in [0.4, 0.5) is 4.39 Å². The predicted octanol–water partition coefficient (Wildman–Crippen LogP) is 3.39. The zero-order valence-corrected chi connectivity index (χ0v) is 8.32. The smallest absolute Gasteiger partial charge is 0.345 e. The van der Waals surface area contributed by atoms with Crippen molar-refractivity contribution in [3.05, 3.63) is 33.9 Å². The number of hydrogen-bond acceptors (Lipinski definition) is 2. The molecule has 0 aliphatic rings. The van der Waals surface area contributed by atoms with Crippen LogP contribution in [0.1, 0.15) is 9.67 Å². The quantitative estimate of drug-likeness (QED) is 0.815. The van der Waals surface area contributed by atoms with Crippen LogP contribution in [0.3, 0.4) is 0 Å². The van der Waals surface area contributed by atoms with E-state index in [1.165, 1.54) is 18.2 Å². The molecule has 0 saturated heterocycles. The lowest BCUT2D eigenvalue weighted by molar-refractivity contribution is 0.0702. The molecular formula is C9H4ClFO2S. The van der Waals surface area contributed by atoms with Crippen molar-refractivity contribution in [2.24, 2.45) is 0 Å². The third-order valence-electron chi connectivity index (χ3n) is 1.80. The molecule has 0 unspecified atom stereocenters. The molecule has 0 amide bonds. The molecule has 0 saturated carbocycles. The summed E-state index contributed by atoms with van der Waals surface area (Å²) in [7, 11) is 0. The standard InChI is InChI=1S/C9H4ClFO2S/c10-8-4-3-7(9(12)13)14-6(4)2-1-5(8)11/h1-3H,(H,12,13). The Morgan fingerprint density at radius 3 is 2.86 bits per heavy atom. The number of fused-ring (bicyclic) bond motifs is 1. The summed E-state index contributed by atoms with van der Waals surface area (Å²) in [5.74, 6) is -1.56. The molecule has 0 fully saturated rings. The van der Waals surface area contributed by atoms with Crippen LogP contribution in [0.25, 0.3) is 10.1 Å². The number of carboxylic acid groups (broad SMARTS) is 1. The number of hydrogen-bond donors (Lipinski definition) is 1. The summed E-state index contributed by atoms with van der Waals surface area (Å²) in [4.78, 5) is 10.8. The maximum absolute atomic E-state index is 13.0. The Hall–Kier alpha value is -1.13. The van der Waals surface area contributed by atoms with E-state index in [0.29, 0.717) is 10.1 Å². The van der Waals surface area contributed by atoms with Crippen LogP contribution in [0.15, 0.2) is 18.2 Å². The zero-order valence-electron chi connectivity index (χ0n) is 6.75. The summed E-state index contributed by atoms with van der Waals surface area (Å²) in [6.07, 6.45) is 0. The summed E-state index contributed by atoms with van der Waals surface area (Å²) in [6.45, 7) is 0. The molecule has 2 aromatic rings. The van der Waals surface area contributed by atoms with Crippen molar-refractivity contribution in [2.75, 3.05) is 0 Å². The van der Waals surface area contributed by atoms with Crippen LogP contribution in [0, 0.1) is 5.82 Å². The van der Waals surface area contributed by atoms with Crippen molar-refractivity contribution < 1.29 is 14.3 Å². The van der Waals surface area contributed by atoms with Gasteiger partial charge in [-0.3, -0.25) is 0 Å². The molecule has 0 aliphatic carbocycles. The molecule has 1 aromatic carbocycles. The second kappa shape index (κ2) is 3.22. The molecule has 1 aromatic heterocycles. The maximum atomic E-state index is 13.0. The lowest BCUT2D eigenvalue weighted by Crippen LogP contribution is -1.89. The summed E-state index contributed by atoms with van der Waals surface area (Å²) in [5, 5.41) is 9.15. The molecule has 5 heteroatoms. The third kappa shape index (κ3) is 1.36. The van der Waals surface area contributed by atoms with E-state index in [0.717, 1.165) is 11.3 Å². The fraction of sp³-hybridized carbons (Fsp3) is 0. The van der Waals surface area contributed by atoms with E-state index in [-0.39, 0.29) is 9.90 Å². The lowest BCUT2D eigenvalue weighted by atomic mass is 10.2. The molecule has 1 heterocycles. The molecular weight excluding hydrogens is 227 g/mol. The highest BCUT2D eigenvalue weighted by Crippen LogP contribution is 2.32. The molecule has 0 aliphatic heterocycles. The van der Waals surface area contributed by atoms with Crippen molar-refractivity contribution >= 4 is 39.0 Å². The van der Waals surface area contributed by atoms with Gasteiger partial charge in [-0.2, -0.15) is 0 Å². The Bertz CT molecular complexity index is 521. The van der Waals surface area contributed by atoms with E-state index in [1.807, 2.05) is 0 Å². The minimum Gasteiger partial charge on any atom is -0.477 e. The van der Waals surface area contributed by atoms with Gasteiger partial charge in [-0.25, -0.2) is 9.18 Å². The first-order valence-electron chi connectivity index (χ1n) is 3.70. The van der Waals surface area contributed by atoms with E-state index >= 15 is 0 Å². The van der Waals surface area contributed by atoms with E-state index < -0.39 is 11.8 Å². The van der Waals surface area contributed by atoms with Crippen molar-refractivity contribution in [1.82, 2.24) is 0 Å². The van der Waals surface area contributed by atoms with Gasteiger partial charge in [-0.1, -0.05) is 11.6 Å². The van der Waals surface area contributed by atoms with Crippen LogP contribution in [-0.2, 0) is 0 Å². The zero-order chi connectivity index (χ0) is 10.3. The number of thiophene rings is 1. The van der Waals surface area contributed by atoms with Crippen molar-refractivity contribution in [3.8, 4) is 0 Å². The Morgan fingerprint density at radius 1 is 1.50 bits per heavy atom. The SMILES string of the molecule is O=C(O)c1cc2c(Cl)c(F)ccc2s1. The van der Waals surface area contributed by atoms with Crippen molar-refractivity contribution in [2.45, 2.75) is 0 Å². The number of carboxylic acids is 1. The second-order valence-electron chi connectivity index (χ2n) is 2.69. The average molecular weight is 231 g/mol. The van der Waals surface area contributed by atoms with Crippen molar-refractivity contribution in [3.63, 3.8) is 0 Å². The van der Waals surface area contributed by atoms with E-state index in [9.17, 15) is 9.18 Å². The van der Waals surface area contributed by atoms with Crippen LogP contribution < -0.4 is 0 Å². The monoisotopic (exact) mass is 230 g/mol. The highest BCUT2D eigenvalue weighted by molar-refractivity contribution is 7.20. The van der Waals surface area contributed by atoms with Crippen LogP contribution in [0.5, 0.6) is 0 Å². The number of carbonyl (C=O) groups is 1. The largest absolute Gasteiger partial charge is 0.477 e. The van der Waals surface area contributed by atoms with Crippen molar-refractivity contribution in [1.29, 1.82) is 0 Å². The van der Waals surface area contributed by atoms with Gasteiger partial charge < -0.3 is 5.11 Å². The number of halogens is 2. The number of rotatable bonds is 1. The predicted molar refractivity (Wildman–Crippen MR) is 53.8 cm³/mol. The molecule has 2 rings (SSSR count). The normalized spacial score (nSPS) is 10.7. The maximum Gasteiger partial charge on any atom is 0.345 e. The molecule has 2 nitrogen and oxygen atoms in total. The Labute approximate surface area is 87.5 Å². The molecule has 72 valence electrons. The first-order chi connectivity index (χ1) is 6.59. The molecule has 1 N–H and O–H groups in total. The van der Waals surface area contributed by atoms with Crippen LogP contribution in [0.2, 0.25) is 5.02 Å². The minimum atomic E-state index is -1.03. The summed E-state index contributed by atoms with van der Waals surface area (Å²) in [6, 6.07) is 4.13. The first kappa shape index (κ1) is 9.43. The van der Waals surface area contributed by atoms with E-state index in [4.69, 9.17) is 16.7 Å². The summed E-state index contributed by atoms with van der Waals surface area (Å²) >= 11 is 6.76. The fourth-order valence-electron chi connectivity index (χ4n) is 1.16. The number of benzene rings is 1. The minimum absolute atomic E-state index is 0.0220. The van der Waals surface area contributed by atoms with Gasteiger partial charge in [-0.15, -0.1) is 11.3 Å². The highest BCUT2D eigenvalue weighted by Gasteiger charge is 2.12. The summed E-state index contributed by atoms with van der Waals surface area (Å²) in [5.41, 5.74) is 0. The van der Waals surface area contributed by atoms with E-state index in [1.54, 1.807) is 0 Å². The van der Waals surface area contributed by atoms with Gasteiger partial charge in [0.2, 0.25) is 0 Å². The average Bonchev–Trinajstić information content (AvgIpc) is 2.56. The van der Waals surface area contributed by atoms with Crippen LogP contribution in [-0.4, -0.2) is 11.1 Å². The molecule has 0 radical (unpaired) electrons. The van der Waals surface area contributed by atoms with E-state index in [2.05, 4.69) is 0 Å². The van der Waals surface area contributed by atoms with Gasteiger partial charge in [0.05, 0.1) is 5.02 Å². The Kier molecular flexibility index (Phi) is 2.17. The van der Waals surface area contributed by atoms with Crippen LogP contribution >= 0.6 is 22.9 Å². The highest BCUT2D eigenvalue weighted by atomic mass is 35.5. The van der Waals surface area contributed by atoms with Gasteiger partial charge in [0, 0.05) is 10.1 Å². The molecule has 14 heavy (non-hydrogen) atoms. The Balaban J connectivity index is 2.77. The second-order valence-corrected chi connectivity index (χ2v) is 4.15. The summed E-state index contributed by atoms with van der Waals surface area (Å²) < 4.78 is 13.7. The topological polar surface area (TPSA) is 37.3 Å². The molecule has 0 spiro atoms. The first-order valence-corrected chi connectivity index (χ1v) is 4.90. The third-order valence-corrected chi connectivity index (χ3v) is 3.27. The van der Waals surface area contributed by atoms with Gasteiger partial charge in [0.1, 0.15) is 10.7 Å².